The van der Waals surface area contributed by atoms with E-state index >= 15 is 0 Å². The molecule has 2 rings (SSSR count). The number of aryl methyl sites for hydroxylation is 1. The number of nitrogens with zero attached hydrogens (tertiary/aromatic N) is 1. The quantitative estimate of drug-likeness (QED) is 0.722. The van der Waals surface area contributed by atoms with E-state index in [1.54, 1.807) is 36.7 Å². The summed E-state index contributed by atoms with van der Waals surface area (Å²) in [7, 11) is 1.57. The maximum atomic E-state index is 12.9. The highest BCUT2D eigenvalue weighted by Gasteiger charge is 2.25. The molecule has 27 heavy (non-hydrogen) atoms. The van der Waals surface area contributed by atoms with Crippen molar-refractivity contribution >= 4 is 35.2 Å². The van der Waals surface area contributed by atoms with Crippen molar-refractivity contribution in [2.75, 3.05) is 12.8 Å². The van der Waals surface area contributed by atoms with Gasteiger partial charge in [0.05, 0.1) is 5.75 Å². The van der Waals surface area contributed by atoms with Gasteiger partial charge in [-0.25, -0.2) is 0 Å². The Hall–Kier alpha value is -1.98. The first-order chi connectivity index (χ1) is 12.9. The number of hydrogen-bond donors (Lipinski definition) is 1. The molecule has 0 saturated heterocycles. The van der Waals surface area contributed by atoms with E-state index in [0.29, 0.717) is 17.3 Å². The van der Waals surface area contributed by atoms with Crippen molar-refractivity contribution in [1.29, 1.82) is 0 Å². The topological polar surface area (TPSA) is 49.4 Å². The van der Waals surface area contributed by atoms with Crippen LogP contribution in [0.3, 0.4) is 0 Å². The Labute approximate surface area is 170 Å². The molecular formula is C21H25ClN2O2S. The third kappa shape index (κ3) is 6.01. The third-order valence-corrected chi connectivity index (χ3v) is 5.79. The fourth-order valence-corrected chi connectivity index (χ4v) is 3.89. The normalized spacial score (nSPS) is 11.7. The Bertz CT molecular complexity index is 797. The van der Waals surface area contributed by atoms with Crippen molar-refractivity contribution in [2.24, 2.45) is 0 Å². The highest BCUT2D eigenvalue weighted by Crippen LogP contribution is 2.21. The molecule has 1 N–H and O–H groups in total. The summed E-state index contributed by atoms with van der Waals surface area (Å²) in [6, 6.07) is 15.0. The summed E-state index contributed by atoms with van der Waals surface area (Å²) in [5.74, 6) is 0.788. The largest absolute Gasteiger partial charge is 0.357 e. The molecule has 0 saturated carbocycles. The van der Waals surface area contributed by atoms with Gasteiger partial charge in [-0.1, -0.05) is 54.1 Å². The number of amides is 2. The van der Waals surface area contributed by atoms with Gasteiger partial charge in [0.2, 0.25) is 11.8 Å². The molecule has 2 aromatic carbocycles. The first kappa shape index (κ1) is 21.3. The van der Waals surface area contributed by atoms with Crippen molar-refractivity contribution < 1.29 is 9.59 Å². The van der Waals surface area contributed by atoms with Crippen molar-refractivity contribution in [1.82, 2.24) is 10.2 Å². The van der Waals surface area contributed by atoms with E-state index in [1.807, 2.05) is 30.3 Å². The summed E-state index contributed by atoms with van der Waals surface area (Å²) in [5.41, 5.74) is 3.25. The molecule has 1 unspecified atom stereocenters. The van der Waals surface area contributed by atoms with Crippen LogP contribution in [0.2, 0.25) is 5.02 Å². The van der Waals surface area contributed by atoms with Crippen LogP contribution < -0.4 is 5.32 Å². The molecule has 0 fully saturated rings. The van der Waals surface area contributed by atoms with Crippen LogP contribution in [0.25, 0.3) is 0 Å². The molecule has 0 aliphatic heterocycles. The summed E-state index contributed by atoms with van der Waals surface area (Å²) in [4.78, 5) is 26.6. The predicted molar refractivity (Wildman–Crippen MR) is 113 cm³/mol. The van der Waals surface area contributed by atoms with E-state index in [4.69, 9.17) is 11.6 Å². The van der Waals surface area contributed by atoms with E-state index in [9.17, 15) is 9.59 Å². The van der Waals surface area contributed by atoms with Gasteiger partial charge < -0.3 is 10.2 Å². The fourth-order valence-electron chi connectivity index (χ4n) is 2.70. The molecule has 0 aliphatic carbocycles. The second-order valence-corrected chi connectivity index (χ2v) is 7.72. The number of likely N-dealkylation sites (N-methyl/N-ethyl adjacent to an activating group) is 1. The highest BCUT2D eigenvalue weighted by atomic mass is 35.5. The molecule has 4 nitrogen and oxygen atoms in total. The van der Waals surface area contributed by atoms with Crippen LogP contribution in [0.5, 0.6) is 0 Å². The lowest BCUT2D eigenvalue weighted by molar-refractivity contribution is -0.138. The number of halogens is 1. The van der Waals surface area contributed by atoms with Gasteiger partial charge >= 0.3 is 0 Å². The maximum Gasteiger partial charge on any atom is 0.242 e. The van der Waals surface area contributed by atoms with E-state index in [2.05, 4.69) is 24.4 Å². The van der Waals surface area contributed by atoms with Gasteiger partial charge in [0.1, 0.15) is 6.04 Å². The van der Waals surface area contributed by atoms with Gasteiger partial charge in [-0.3, -0.25) is 9.59 Å². The molecule has 2 aromatic rings. The minimum Gasteiger partial charge on any atom is -0.357 e. The fraction of sp³-hybridized carbons (Fsp3) is 0.333. The smallest absolute Gasteiger partial charge is 0.242 e. The van der Waals surface area contributed by atoms with Crippen LogP contribution in [0, 0.1) is 6.92 Å². The lowest BCUT2D eigenvalue weighted by atomic mass is 10.1. The Morgan fingerprint density at radius 1 is 1.11 bits per heavy atom. The monoisotopic (exact) mass is 404 g/mol. The number of rotatable bonds is 8. The summed E-state index contributed by atoms with van der Waals surface area (Å²) in [6.07, 6.45) is 0. The van der Waals surface area contributed by atoms with Crippen LogP contribution >= 0.6 is 23.4 Å². The molecular weight excluding hydrogens is 380 g/mol. The molecule has 0 bridgehead atoms. The summed E-state index contributed by atoms with van der Waals surface area (Å²) >= 11 is 7.80. The molecule has 0 aliphatic rings. The minimum atomic E-state index is -0.571. The number of thioether (sulfide) groups is 1. The molecule has 6 heteroatoms. The second kappa shape index (κ2) is 10.4. The zero-order chi connectivity index (χ0) is 19.8. The molecule has 1 atom stereocenters. The van der Waals surface area contributed by atoms with E-state index in [1.165, 1.54) is 11.1 Å². The molecule has 0 aromatic heterocycles. The molecule has 0 spiro atoms. The van der Waals surface area contributed by atoms with Crippen LogP contribution in [0.1, 0.15) is 23.6 Å². The van der Waals surface area contributed by atoms with E-state index < -0.39 is 6.04 Å². The van der Waals surface area contributed by atoms with Gasteiger partial charge in [-0.05, 0) is 36.6 Å². The second-order valence-electron chi connectivity index (χ2n) is 6.32. The standard InChI is InChI=1S/C21H25ClN2O2S/c1-15-8-4-5-10-18(15)13-27-14-20(25)24(16(2)21(26)23-3)12-17-9-6-7-11-19(17)22/h4-11,16H,12-14H2,1-3H3,(H,23,26). The summed E-state index contributed by atoms with van der Waals surface area (Å²) in [5, 5.41) is 3.21. The maximum absolute atomic E-state index is 12.9. The number of carbonyl (C=O) groups is 2. The summed E-state index contributed by atoms with van der Waals surface area (Å²) in [6.45, 7) is 4.10. The third-order valence-electron chi connectivity index (χ3n) is 4.46. The molecule has 2 amide bonds. The Balaban J connectivity index is 2.07. The van der Waals surface area contributed by atoms with E-state index in [0.717, 1.165) is 11.3 Å². The number of carbonyl (C=O) groups excluding carboxylic acids is 2. The Morgan fingerprint density at radius 3 is 2.37 bits per heavy atom. The minimum absolute atomic E-state index is 0.0791. The highest BCUT2D eigenvalue weighted by molar-refractivity contribution is 7.99. The van der Waals surface area contributed by atoms with Crippen LogP contribution in [0.4, 0.5) is 0 Å². The number of benzene rings is 2. The van der Waals surface area contributed by atoms with Gasteiger partial charge in [-0.15, -0.1) is 11.8 Å². The lowest BCUT2D eigenvalue weighted by Crippen LogP contribution is -2.47. The average molecular weight is 405 g/mol. The van der Waals surface area contributed by atoms with Crippen molar-refractivity contribution in [3.05, 3.63) is 70.2 Å². The number of nitrogens with one attached hydrogen (secondary N) is 1. The summed E-state index contributed by atoms with van der Waals surface area (Å²) < 4.78 is 0. The average Bonchev–Trinajstić information content (AvgIpc) is 2.67. The van der Waals surface area contributed by atoms with Crippen LogP contribution in [-0.4, -0.2) is 35.6 Å². The lowest BCUT2D eigenvalue weighted by Gasteiger charge is -2.28. The SMILES string of the molecule is CNC(=O)C(C)N(Cc1ccccc1Cl)C(=O)CSCc1ccccc1C. The predicted octanol–water partition coefficient (Wildman–Crippen LogP) is 4.04. The van der Waals surface area contributed by atoms with Gasteiger partial charge in [0.15, 0.2) is 0 Å². The van der Waals surface area contributed by atoms with Crippen molar-refractivity contribution in [3.63, 3.8) is 0 Å². The van der Waals surface area contributed by atoms with Gasteiger partial charge in [-0.2, -0.15) is 0 Å². The Kier molecular flexibility index (Phi) is 8.20. The van der Waals surface area contributed by atoms with E-state index in [-0.39, 0.29) is 11.8 Å². The number of hydrogen-bond acceptors (Lipinski definition) is 3. The van der Waals surface area contributed by atoms with Crippen molar-refractivity contribution in [3.8, 4) is 0 Å². The Morgan fingerprint density at radius 2 is 1.74 bits per heavy atom. The zero-order valence-corrected chi connectivity index (χ0v) is 17.4. The molecule has 144 valence electrons. The van der Waals surface area contributed by atoms with Crippen LogP contribution in [-0.2, 0) is 21.9 Å². The zero-order valence-electron chi connectivity index (χ0n) is 15.9. The van der Waals surface area contributed by atoms with Gasteiger partial charge in [0, 0.05) is 24.4 Å². The van der Waals surface area contributed by atoms with Crippen molar-refractivity contribution in [2.45, 2.75) is 32.2 Å². The van der Waals surface area contributed by atoms with Gasteiger partial charge in [0.25, 0.3) is 0 Å². The molecule has 0 radical (unpaired) electrons. The molecule has 0 heterocycles. The first-order valence-electron chi connectivity index (χ1n) is 8.80. The first-order valence-corrected chi connectivity index (χ1v) is 10.3. The van der Waals surface area contributed by atoms with Crippen LogP contribution in [0.15, 0.2) is 48.5 Å².